The van der Waals surface area contributed by atoms with Gasteiger partial charge >= 0.3 is 0 Å². The maximum absolute atomic E-state index is 2.46. The summed E-state index contributed by atoms with van der Waals surface area (Å²) in [5.74, 6) is 0. The monoisotopic (exact) mass is 791 g/mol. The number of hydrogen-bond donors (Lipinski definition) is 0. The van der Waals surface area contributed by atoms with E-state index in [4.69, 9.17) is 0 Å². The van der Waals surface area contributed by atoms with E-state index in [1.165, 1.54) is 88.7 Å². The zero-order valence-corrected chi connectivity index (χ0v) is 35.0. The number of nitrogens with zero attached hydrogens (tertiary/aromatic N) is 1. The summed E-state index contributed by atoms with van der Waals surface area (Å²) in [6.07, 6.45) is 0. The summed E-state index contributed by atoms with van der Waals surface area (Å²) in [6.45, 7) is 4.73. The number of anilines is 3. The van der Waals surface area contributed by atoms with Crippen LogP contribution in [-0.2, 0) is 5.41 Å². The van der Waals surface area contributed by atoms with Gasteiger partial charge in [0.05, 0.1) is 5.69 Å². The van der Waals surface area contributed by atoms with Crippen LogP contribution < -0.4 is 4.90 Å². The van der Waals surface area contributed by atoms with Crippen molar-refractivity contribution in [3.8, 4) is 66.8 Å². The van der Waals surface area contributed by atoms with E-state index in [0.717, 1.165) is 17.1 Å². The van der Waals surface area contributed by atoms with Gasteiger partial charge in [-0.1, -0.05) is 220 Å². The first-order chi connectivity index (χ1) is 30.5. The molecule has 0 aromatic heterocycles. The lowest BCUT2D eigenvalue weighted by atomic mass is 9.82. The van der Waals surface area contributed by atoms with E-state index in [0.29, 0.717) is 0 Å². The van der Waals surface area contributed by atoms with Gasteiger partial charge in [-0.3, -0.25) is 0 Å². The molecule has 0 saturated carbocycles. The van der Waals surface area contributed by atoms with Gasteiger partial charge in [0, 0.05) is 22.2 Å². The zero-order chi connectivity index (χ0) is 41.6. The number of hydrogen-bond acceptors (Lipinski definition) is 1. The first-order valence-electron chi connectivity index (χ1n) is 21.6. The Bertz CT molecular complexity index is 3240. The quantitative estimate of drug-likeness (QED) is 0.148. The molecule has 0 radical (unpaired) electrons. The summed E-state index contributed by atoms with van der Waals surface area (Å²) in [5.41, 5.74) is 20.7. The highest BCUT2D eigenvalue weighted by atomic mass is 15.1. The highest BCUT2D eigenvalue weighted by Gasteiger charge is 2.36. The SMILES string of the molecule is CC1(C)c2ccccc2-c2ccc(N(c3ccc(-c4ccccc4)cc3)c3ccc(-c4cccc(-c5ccccc5)c4-c4ccccc4-c4ccccc4)c4ccccc34)cc21. The molecule has 0 unspecified atom stereocenters. The van der Waals surface area contributed by atoms with Crippen molar-refractivity contribution in [3.63, 3.8) is 0 Å². The Balaban J connectivity index is 1.13. The van der Waals surface area contributed by atoms with Crippen LogP contribution in [-0.4, -0.2) is 0 Å². The third kappa shape index (κ3) is 6.33. The molecule has 1 aliphatic rings. The third-order valence-electron chi connectivity index (χ3n) is 12.9. The van der Waals surface area contributed by atoms with Gasteiger partial charge in [0.25, 0.3) is 0 Å². The summed E-state index contributed by atoms with van der Waals surface area (Å²) in [4.78, 5) is 2.46. The molecule has 10 aromatic rings. The van der Waals surface area contributed by atoms with Gasteiger partial charge in [-0.05, 0) is 114 Å². The van der Waals surface area contributed by atoms with Gasteiger partial charge in [0.1, 0.15) is 0 Å². The maximum atomic E-state index is 2.46. The van der Waals surface area contributed by atoms with Crippen LogP contribution in [0.25, 0.3) is 77.5 Å². The molecule has 0 atom stereocenters. The Labute approximate surface area is 364 Å². The Morgan fingerprint density at radius 2 is 0.774 bits per heavy atom. The number of benzene rings is 10. The van der Waals surface area contributed by atoms with Crippen molar-refractivity contribution in [1.29, 1.82) is 0 Å². The van der Waals surface area contributed by atoms with Crippen molar-refractivity contribution < 1.29 is 0 Å². The summed E-state index contributed by atoms with van der Waals surface area (Å²) < 4.78 is 0. The minimum atomic E-state index is -0.132. The molecule has 10 aromatic carbocycles. The van der Waals surface area contributed by atoms with E-state index in [-0.39, 0.29) is 5.41 Å². The van der Waals surface area contributed by atoms with E-state index in [1.54, 1.807) is 0 Å². The minimum absolute atomic E-state index is 0.132. The average molecular weight is 792 g/mol. The number of rotatable bonds is 8. The molecule has 0 amide bonds. The van der Waals surface area contributed by atoms with Crippen LogP contribution in [0.15, 0.2) is 237 Å². The van der Waals surface area contributed by atoms with Crippen molar-refractivity contribution in [2.45, 2.75) is 19.3 Å². The molecular formula is C61H45N. The molecule has 0 bridgehead atoms. The van der Waals surface area contributed by atoms with Gasteiger partial charge < -0.3 is 4.90 Å². The van der Waals surface area contributed by atoms with E-state index < -0.39 is 0 Å². The summed E-state index contributed by atoms with van der Waals surface area (Å²) in [5, 5.41) is 2.39. The first kappa shape index (κ1) is 37.3. The molecule has 0 N–H and O–H groups in total. The second-order valence-electron chi connectivity index (χ2n) is 16.8. The molecule has 1 heteroatoms. The van der Waals surface area contributed by atoms with Gasteiger partial charge in [0.15, 0.2) is 0 Å². The molecular weight excluding hydrogens is 747 g/mol. The Hall–Kier alpha value is -7.74. The van der Waals surface area contributed by atoms with Crippen molar-refractivity contribution >= 4 is 27.8 Å². The molecule has 0 heterocycles. The number of fused-ring (bicyclic) bond motifs is 4. The topological polar surface area (TPSA) is 3.24 Å². The van der Waals surface area contributed by atoms with Gasteiger partial charge in [-0.15, -0.1) is 0 Å². The van der Waals surface area contributed by atoms with Gasteiger partial charge in [-0.25, -0.2) is 0 Å². The van der Waals surface area contributed by atoms with Crippen LogP contribution in [0.4, 0.5) is 17.1 Å². The van der Waals surface area contributed by atoms with E-state index in [9.17, 15) is 0 Å². The van der Waals surface area contributed by atoms with Crippen LogP contribution in [0.5, 0.6) is 0 Å². The van der Waals surface area contributed by atoms with Crippen molar-refractivity contribution in [3.05, 3.63) is 248 Å². The smallest absolute Gasteiger partial charge is 0.0540 e. The Morgan fingerprint density at radius 3 is 1.48 bits per heavy atom. The van der Waals surface area contributed by atoms with Gasteiger partial charge in [-0.2, -0.15) is 0 Å². The zero-order valence-electron chi connectivity index (χ0n) is 35.0. The Kier molecular flexibility index (Phi) is 9.24. The second kappa shape index (κ2) is 15.4. The Morgan fingerprint density at radius 1 is 0.290 bits per heavy atom. The largest absolute Gasteiger partial charge is 0.310 e. The summed E-state index contributed by atoms with van der Waals surface area (Å²) in [6, 6.07) is 86.7. The molecule has 0 spiro atoms. The second-order valence-corrected chi connectivity index (χ2v) is 16.8. The van der Waals surface area contributed by atoms with E-state index in [2.05, 4.69) is 255 Å². The molecule has 11 rings (SSSR count). The molecule has 1 aliphatic carbocycles. The molecule has 0 aliphatic heterocycles. The van der Waals surface area contributed by atoms with Gasteiger partial charge in [0.2, 0.25) is 0 Å². The van der Waals surface area contributed by atoms with Crippen molar-refractivity contribution in [2.75, 3.05) is 4.90 Å². The predicted octanol–water partition coefficient (Wildman–Crippen LogP) is 17.0. The molecule has 62 heavy (non-hydrogen) atoms. The fraction of sp³-hybridized carbons (Fsp3) is 0.0492. The van der Waals surface area contributed by atoms with E-state index >= 15 is 0 Å². The normalized spacial score (nSPS) is 12.5. The lowest BCUT2D eigenvalue weighted by Gasteiger charge is -2.30. The van der Waals surface area contributed by atoms with Crippen LogP contribution in [0, 0.1) is 0 Å². The molecule has 1 nitrogen and oxygen atoms in total. The van der Waals surface area contributed by atoms with E-state index in [1.807, 2.05) is 0 Å². The average Bonchev–Trinajstić information content (AvgIpc) is 3.57. The standard InChI is InChI=1S/C61H45N/c1-61(2)57-32-17-16-27-52(57)53-38-37-47(41-58(53)61)62(46-35-33-43(34-36-46)42-19-6-3-7-20-42)59-40-39-51(50-26-13-14-28-54(50)59)56-31-18-30-49(45-23-10-5-11-24-45)60(56)55-29-15-12-25-48(55)44-21-8-4-9-22-44/h3-41H,1-2H3. The summed E-state index contributed by atoms with van der Waals surface area (Å²) in [7, 11) is 0. The van der Waals surface area contributed by atoms with Crippen LogP contribution >= 0.6 is 0 Å². The van der Waals surface area contributed by atoms with Crippen LogP contribution in [0.1, 0.15) is 25.0 Å². The van der Waals surface area contributed by atoms with Crippen molar-refractivity contribution in [2.24, 2.45) is 0 Å². The predicted molar refractivity (Wildman–Crippen MR) is 263 cm³/mol. The fourth-order valence-electron chi connectivity index (χ4n) is 9.90. The first-order valence-corrected chi connectivity index (χ1v) is 21.6. The molecule has 294 valence electrons. The molecule has 0 saturated heterocycles. The fourth-order valence-corrected chi connectivity index (χ4v) is 9.90. The lowest BCUT2D eigenvalue weighted by molar-refractivity contribution is 0.660. The summed E-state index contributed by atoms with van der Waals surface area (Å²) >= 11 is 0. The minimum Gasteiger partial charge on any atom is -0.310 e. The lowest BCUT2D eigenvalue weighted by Crippen LogP contribution is -2.16. The van der Waals surface area contributed by atoms with Crippen LogP contribution in [0.2, 0.25) is 0 Å². The maximum Gasteiger partial charge on any atom is 0.0540 e. The molecule has 0 fully saturated rings. The van der Waals surface area contributed by atoms with Crippen molar-refractivity contribution in [1.82, 2.24) is 0 Å². The van der Waals surface area contributed by atoms with Crippen LogP contribution in [0.3, 0.4) is 0 Å². The highest BCUT2D eigenvalue weighted by Crippen LogP contribution is 2.52. The highest BCUT2D eigenvalue weighted by molar-refractivity contribution is 6.10. The third-order valence-corrected chi connectivity index (χ3v) is 12.9.